The minimum atomic E-state index is -1.16. The molecular weight excluding hydrogens is 538 g/mol. The van der Waals surface area contributed by atoms with Crippen molar-refractivity contribution in [2.24, 2.45) is 11.7 Å². The topological polar surface area (TPSA) is 122 Å². The Balaban J connectivity index is 1.27. The first kappa shape index (κ1) is 28.3. The zero-order valence-corrected chi connectivity index (χ0v) is 23.5. The molecule has 0 aliphatic heterocycles. The van der Waals surface area contributed by atoms with Crippen molar-refractivity contribution in [2.75, 3.05) is 6.61 Å². The fourth-order valence-electron chi connectivity index (χ4n) is 6.57. The van der Waals surface area contributed by atoms with E-state index in [1.165, 1.54) is 12.1 Å². The number of aliphatic hydroxyl groups is 1. The third-order valence-corrected chi connectivity index (χ3v) is 8.92. The van der Waals surface area contributed by atoms with Crippen molar-refractivity contribution in [1.29, 1.82) is 5.26 Å². The molecule has 2 aliphatic carbocycles. The van der Waals surface area contributed by atoms with Crippen LogP contribution in [0.1, 0.15) is 73.9 Å². The van der Waals surface area contributed by atoms with Crippen LogP contribution in [0, 0.1) is 28.9 Å². The van der Waals surface area contributed by atoms with Gasteiger partial charge in [0.05, 0.1) is 53.8 Å². The highest BCUT2D eigenvalue weighted by atomic mass is 19.1. The Bertz CT molecular complexity index is 1610. The fraction of sp³-hybridized carbons (Fsp3) is 0.438. The molecule has 0 bridgehead atoms. The van der Waals surface area contributed by atoms with Gasteiger partial charge in [-0.15, -0.1) is 0 Å². The molecule has 10 heteroatoms. The molecule has 218 valence electrons. The third-order valence-electron chi connectivity index (χ3n) is 8.92. The first-order valence-electron chi connectivity index (χ1n) is 14.5. The minimum absolute atomic E-state index is 0.0924. The van der Waals surface area contributed by atoms with E-state index in [4.69, 9.17) is 15.7 Å². The summed E-state index contributed by atoms with van der Waals surface area (Å²) in [6.45, 7) is 2.52. The lowest BCUT2D eigenvalue weighted by molar-refractivity contribution is -0.0392. The van der Waals surface area contributed by atoms with Crippen molar-refractivity contribution >= 4 is 5.52 Å². The Morgan fingerprint density at radius 3 is 2.64 bits per heavy atom. The first-order valence-corrected chi connectivity index (χ1v) is 14.5. The number of aromatic nitrogens is 4. The molecule has 2 aliphatic rings. The quantitative estimate of drug-likeness (QED) is 0.279. The van der Waals surface area contributed by atoms with Gasteiger partial charge in [-0.3, -0.25) is 4.98 Å². The van der Waals surface area contributed by atoms with E-state index in [9.17, 15) is 5.11 Å². The average Bonchev–Trinajstić information content (AvgIpc) is 3.35. The molecule has 4 atom stereocenters. The number of fused-ring (bicyclic) bond motifs is 1. The van der Waals surface area contributed by atoms with Crippen LogP contribution >= 0.6 is 0 Å². The van der Waals surface area contributed by atoms with Gasteiger partial charge in [0, 0.05) is 24.9 Å². The van der Waals surface area contributed by atoms with Crippen LogP contribution in [-0.4, -0.2) is 43.4 Å². The smallest absolute Gasteiger partial charge is 0.136 e. The molecule has 0 radical (unpaired) electrons. The second kappa shape index (κ2) is 11.5. The van der Waals surface area contributed by atoms with Crippen molar-refractivity contribution in [3.8, 4) is 17.3 Å². The molecule has 0 amide bonds. The molecule has 3 aromatic heterocycles. The van der Waals surface area contributed by atoms with Crippen LogP contribution in [0.3, 0.4) is 0 Å². The SMILES string of the molecule is C[C@H]1C[C@@H](c2ccncc2Cc2ncc3ccc(-c4c(F)cc(C5(O)CCC5)cc4F)nn23)C[C@@H](N)[C@H]1OCCC#N. The summed E-state index contributed by atoms with van der Waals surface area (Å²) in [5.74, 6) is -0.479. The lowest BCUT2D eigenvalue weighted by atomic mass is 9.73. The molecule has 0 spiro atoms. The highest BCUT2D eigenvalue weighted by Gasteiger charge is 2.38. The number of benzene rings is 1. The van der Waals surface area contributed by atoms with Crippen LogP contribution in [-0.2, 0) is 16.8 Å². The van der Waals surface area contributed by atoms with E-state index in [-0.39, 0.29) is 40.8 Å². The summed E-state index contributed by atoms with van der Waals surface area (Å²) >= 11 is 0. The van der Waals surface area contributed by atoms with Gasteiger partial charge >= 0.3 is 0 Å². The fourth-order valence-corrected chi connectivity index (χ4v) is 6.57. The number of halogens is 2. The predicted molar refractivity (Wildman–Crippen MR) is 152 cm³/mol. The van der Waals surface area contributed by atoms with Crippen LogP contribution in [0.5, 0.6) is 0 Å². The van der Waals surface area contributed by atoms with Gasteiger partial charge in [-0.2, -0.15) is 10.4 Å². The second-order valence-corrected chi connectivity index (χ2v) is 11.7. The van der Waals surface area contributed by atoms with E-state index in [0.29, 0.717) is 43.6 Å². The van der Waals surface area contributed by atoms with Gasteiger partial charge in [-0.05, 0) is 91.0 Å². The van der Waals surface area contributed by atoms with Crippen LogP contribution in [0.2, 0.25) is 0 Å². The van der Waals surface area contributed by atoms with Crippen molar-refractivity contribution < 1.29 is 18.6 Å². The molecule has 3 N–H and O–H groups in total. The Labute approximate surface area is 243 Å². The number of hydrogen-bond acceptors (Lipinski definition) is 7. The standard InChI is InChI=1S/C32H34F2N6O2/c1-19-12-20(13-27(36)31(19)42-11-3-9-35)24-6-10-37-17-21(24)14-29-38-18-23-4-5-28(39-40(23)29)30-25(33)15-22(16-26(30)34)32(41)7-2-8-32/h4-6,10,15-20,27,31,41H,2-3,7-8,11-14,36H2,1H3/t19-,20+,27+,31-/m0/s1. The normalized spacial score (nSPS) is 23.4. The van der Waals surface area contributed by atoms with Gasteiger partial charge in [0.25, 0.3) is 0 Å². The van der Waals surface area contributed by atoms with Crippen LogP contribution < -0.4 is 5.73 Å². The number of ether oxygens (including phenoxy) is 1. The average molecular weight is 573 g/mol. The number of nitrogens with zero attached hydrogens (tertiary/aromatic N) is 5. The number of pyridine rings is 1. The van der Waals surface area contributed by atoms with Crippen molar-refractivity contribution in [3.63, 3.8) is 0 Å². The van der Waals surface area contributed by atoms with E-state index >= 15 is 8.78 Å². The molecule has 6 rings (SSSR count). The summed E-state index contributed by atoms with van der Waals surface area (Å²) in [5.41, 5.74) is 8.38. The minimum Gasteiger partial charge on any atom is -0.385 e. The van der Waals surface area contributed by atoms with Gasteiger partial charge in [0.1, 0.15) is 17.5 Å². The maximum atomic E-state index is 15.2. The van der Waals surface area contributed by atoms with Gasteiger partial charge < -0.3 is 15.6 Å². The molecule has 3 heterocycles. The van der Waals surface area contributed by atoms with Crippen LogP contribution in [0.4, 0.5) is 8.78 Å². The monoisotopic (exact) mass is 572 g/mol. The predicted octanol–water partition coefficient (Wildman–Crippen LogP) is 5.17. The number of nitrogens with two attached hydrogens (primary N) is 1. The number of hydrogen-bond donors (Lipinski definition) is 2. The molecule has 0 unspecified atom stereocenters. The summed E-state index contributed by atoms with van der Waals surface area (Å²) in [7, 11) is 0. The van der Waals surface area contributed by atoms with Crippen LogP contribution in [0.15, 0.2) is 48.9 Å². The summed E-state index contributed by atoms with van der Waals surface area (Å²) < 4.78 is 38.0. The summed E-state index contributed by atoms with van der Waals surface area (Å²) in [6, 6.07) is 9.73. The van der Waals surface area contributed by atoms with E-state index in [2.05, 4.69) is 28.1 Å². The van der Waals surface area contributed by atoms with Gasteiger partial charge in [0.2, 0.25) is 0 Å². The van der Waals surface area contributed by atoms with E-state index in [1.807, 2.05) is 12.3 Å². The van der Waals surface area contributed by atoms with Crippen LogP contribution in [0.25, 0.3) is 16.8 Å². The molecule has 42 heavy (non-hydrogen) atoms. The second-order valence-electron chi connectivity index (χ2n) is 11.7. The molecule has 4 aromatic rings. The lowest BCUT2D eigenvalue weighted by Gasteiger charge is -2.39. The molecule has 1 aromatic carbocycles. The Hall–Kier alpha value is -3.78. The number of nitriles is 1. The third kappa shape index (κ3) is 5.28. The van der Waals surface area contributed by atoms with E-state index in [1.54, 1.807) is 29.0 Å². The van der Waals surface area contributed by atoms with E-state index in [0.717, 1.165) is 30.4 Å². The Kier molecular flexibility index (Phi) is 7.75. The summed E-state index contributed by atoms with van der Waals surface area (Å²) in [6.07, 6.45) is 9.41. The maximum Gasteiger partial charge on any atom is 0.136 e. The first-order chi connectivity index (χ1) is 20.3. The number of imidazole rings is 1. The Morgan fingerprint density at radius 2 is 1.95 bits per heavy atom. The van der Waals surface area contributed by atoms with Crippen molar-refractivity contribution in [2.45, 2.75) is 75.5 Å². The molecule has 8 nitrogen and oxygen atoms in total. The van der Waals surface area contributed by atoms with Gasteiger partial charge in [0.15, 0.2) is 0 Å². The number of rotatable bonds is 8. The molecular formula is C32H34F2N6O2. The molecule has 2 saturated carbocycles. The molecule has 0 saturated heterocycles. The van der Waals surface area contributed by atoms with Gasteiger partial charge in [-0.25, -0.2) is 18.3 Å². The lowest BCUT2D eigenvalue weighted by Crippen LogP contribution is -2.46. The highest BCUT2D eigenvalue weighted by Crippen LogP contribution is 2.43. The highest BCUT2D eigenvalue weighted by molar-refractivity contribution is 5.63. The van der Waals surface area contributed by atoms with Crippen molar-refractivity contribution in [3.05, 3.63) is 83.1 Å². The summed E-state index contributed by atoms with van der Waals surface area (Å²) in [5, 5.41) is 24.0. The Morgan fingerprint density at radius 1 is 1.17 bits per heavy atom. The zero-order chi connectivity index (χ0) is 29.4. The zero-order valence-electron chi connectivity index (χ0n) is 23.5. The largest absolute Gasteiger partial charge is 0.385 e. The van der Waals surface area contributed by atoms with Crippen molar-refractivity contribution in [1.82, 2.24) is 19.6 Å². The maximum absolute atomic E-state index is 15.2. The molecule has 2 fully saturated rings. The van der Waals surface area contributed by atoms with E-state index < -0.39 is 17.2 Å². The summed E-state index contributed by atoms with van der Waals surface area (Å²) in [4.78, 5) is 8.95. The van der Waals surface area contributed by atoms with Gasteiger partial charge in [-0.1, -0.05) is 6.92 Å².